The molecule has 0 spiro atoms. The standard InChI is InChI=1S/C25H28N2O4/c1-16-6-4-7-18(10-16)19-8-5-9-27(13-19)14-21-17(2)31-25(26-21)20-11-22(28-3)24-23(12-20)29-15-30-24/h4,6-7,10-12,19H,5,8-9,13-15H2,1-3H3/t19-/m1/s1. The summed E-state index contributed by atoms with van der Waals surface area (Å²) in [5.74, 6) is 3.91. The predicted octanol–water partition coefficient (Wildman–Crippen LogP) is 5.08. The van der Waals surface area contributed by atoms with E-state index in [1.54, 1.807) is 7.11 Å². The Balaban J connectivity index is 1.35. The first-order valence-electron chi connectivity index (χ1n) is 10.8. The molecule has 0 N–H and O–H groups in total. The van der Waals surface area contributed by atoms with Gasteiger partial charge in [0.2, 0.25) is 18.4 Å². The minimum absolute atomic E-state index is 0.197. The number of hydrogen-bond acceptors (Lipinski definition) is 6. The number of benzene rings is 2. The lowest BCUT2D eigenvalue weighted by atomic mass is 9.90. The quantitative estimate of drug-likeness (QED) is 0.574. The SMILES string of the molecule is COc1cc(-c2nc(CN3CCC[C@@H](c4cccc(C)c4)C3)c(C)o2)cc2c1OCO2. The Morgan fingerprint density at radius 2 is 2.06 bits per heavy atom. The van der Waals surface area contributed by atoms with Crippen molar-refractivity contribution in [1.29, 1.82) is 0 Å². The third-order valence-electron chi connectivity index (χ3n) is 6.19. The van der Waals surface area contributed by atoms with Gasteiger partial charge in [0.1, 0.15) is 5.76 Å². The molecule has 6 nitrogen and oxygen atoms in total. The fourth-order valence-electron chi connectivity index (χ4n) is 4.56. The van der Waals surface area contributed by atoms with Gasteiger partial charge in [0.25, 0.3) is 0 Å². The van der Waals surface area contributed by atoms with E-state index in [2.05, 4.69) is 36.1 Å². The fourth-order valence-corrected chi connectivity index (χ4v) is 4.56. The van der Waals surface area contributed by atoms with E-state index in [1.807, 2.05) is 19.1 Å². The average Bonchev–Trinajstić information content (AvgIpc) is 3.40. The molecule has 0 saturated carbocycles. The van der Waals surface area contributed by atoms with Gasteiger partial charge in [0, 0.05) is 18.7 Å². The third kappa shape index (κ3) is 4.00. The summed E-state index contributed by atoms with van der Waals surface area (Å²) in [6, 6.07) is 12.7. The monoisotopic (exact) mass is 420 g/mol. The molecular weight excluding hydrogens is 392 g/mol. The molecule has 2 aliphatic rings. The van der Waals surface area contributed by atoms with Crippen molar-refractivity contribution in [2.75, 3.05) is 27.0 Å². The molecule has 0 unspecified atom stereocenters. The minimum Gasteiger partial charge on any atom is -0.493 e. The Kier molecular flexibility index (Phi) is 5.32. The maximum Gasteiger partial charge on any atom is 0.231 e. The highest BCUT2D eigenvalue weighted by Gasteiger charge is 2.25. The summed E-state index contributed by atoms with van der Waals surface area (Å²) in [5, 5.41) is 0. The number of oxazole rings is 1. The molecule has 1 aromatic heterocycles. The maximum absolute atomic E-state index is 6.04. The Bertz CT molecular complexity index is 1090. The summed E-state index contributed by atoms with van der Waals surface area (Å²) < 4.78 is 22.5. The highest BCUT2D eigenvalue weighted by Crippen LogP contribution is 2.44. The molecule has 0 bridgehead atoms. The first-order chi connectivity index (χ1) is 15.1. The number of rotatable bonds is 5. The summed E-state index contributed by atoms with van der Waals surface area (Å²) in [7, 11) is 1.62. The van der Waals surface area contributed by atoms with Crippen LogP contribution in [-0.4, -0.2) is 36.9 Å². The van der Waals surface area contributed by atoms with Crippen molar-refractivity contribution < 1.29 is 18.6 Å². The molecule has 2 aliphatic heterocycles. The van der Waals surface area contributed by atoms with Gasteiger partial charge in [-0.25, -0.2) is 4.98 Å². The van der Waals surface area contributed by atoms with Crippen LogP contribution < -0.4 is 14.2 Å². The molecule has 0 aliphatic carbocycles. The van der Waals surface area contributed by atoms with E-state index in [4.69, 9.17) is 23.6 Å². The lowest BCUT2D eigenvalue weighted by molar-refractivity contribution is 0.171. The molecule has 1 fully saturated rings. The van der Waals surface area contributed by atoms with Crippen LogP contribution in [0.15, 0.2) is 40.8 Å². The summed E-state index contributed by atoms with van der Waals surface area (Å²) in [5.41, 5.74) is 4.57. The highest BCUT2D eigenvalue weighted by atomic mass is 16.7. The number of aryl methyl sites for hydroxylation is 2. The van der Waals surface area contributed by atoms with E-state index in [0.29, 0.717) is 29.1 Å². The minimum atomic E-state index is 0.197. The average molecular weight is 421 g/mol. The smallest absolute Gasteiger partial charge is 0.231 e. The number of hydrogen-bond donors (Lipinski definition) is 0. The molecule has 0 amide bonds. The zero-order valence-electron chi connectivity index (χ0n) is 18.3. The van der Waals surface area contributed by atoms with Crippen LogP contribution in [0.5, 0.6) is 17.2 Å². The van der Waals surface area contributed by atoms with E-state index >= 15 is 0 Å². The Hall–Kier alpha value is -2.99. The Morgan fingerprint density at radius 3 is 2.90 bits per heavy atom. The van der Waals surface area contributed by atoms with Crippen LogP contribution in [-0.2, 0) is 6.54 Å². The Morgan fingerprint density at radius 1 is 1.16 bits per heavy atom. The normalized spacial score (nSPS) is 18.4. The van der Waals surface area contributed by atoms with Crippen molar-refractivity contribution in [3.05, 3.63) is 59.0 Å². The predicted molar refractivity (Wildman–Crippen MR) is 118 cm³/mol. The molecule has 3 aromatic rings. The van der Waals surface area contributed by atoms with Gasteiger partial charge in [-0.3, -0.25) is 4.90 Å². The van der Waals surface area contributed by atoms with Gasteiger partial charge in [-0.15, -0.1) is 0 Å². The van der Waals surface area contributed by atoms with Crippen molar-refractivity contribution in [3.63, 3.8) is 0 Å². The molecule has 1 atom stereocenters. The van der Waals surface area contributed by atoms with Gasteiger partial charge in [0.15, 0.2) is 11.5 Å². The zero-order valence-corrected chi connectivity index (χ0v) is 18.3. The van der Waals surface area contributed by atoms with Crippen LogP contribution in [0.2, 0.25) is 0 Å². The Labute approximate surface area is 182 Å². The molecular formula is C25H28N2O4. The van der Waals surface area contributed by atoms with Crippen molar-refractivity contribution in [2.24, 2.45) is 0 Å². The number of nitrogens with zero attached hydrogens (tertiary/aromatic N) is 2. The lowest BCUT2D eigenvalue weighted by Crippen LogP contribution is -2.34. The molecule has 31 heavy (non-hydrogen) atoms. The van der Waals surface area contributed by atoms with Crippen molar-refractivity contribution in [3.8, 4) is 28.7 Å². The zero-order chi connectivity index (χ0) is 21.4. The highest BCUT2D eigenvalue weighted by molar-refractivity contribution is 5.66. The van der Waals surface area contributed by atoms with E-state index in [1.165, 1.54) is 24.0 Å². The van der Waals surface area contributed by atoms with E-state index in [9.17, 15) is 0 Å². The second kappa shape index (κ2) is 8.27. The number of aromatic nitrogens is 1. The van der Waals surface area contributed by atoms with Gasteiger partial charge >= 0.3 is 0 Å². The largest absolute Gasteiger partial charge is 0.493 e. The van der Waals surface area contributed by atoms with Crippen LogP contribution in [0.1, 0.15) is 41.3 Å². The maximum atomic E-state index is 6.04. The summed E-state index contributed by atoms with van der Waals surface area (Å²) in [6.45, 7) is 7.26. The summed E-state index contributed by atoms with van der Waals surface area (Å²) >= 11 is 0. The lowest BCUT2D eigenvalue weighted by Gasteiger charge is -2.32. The van der Waals surface area contributed by atoms with Crippen LogP contribution in [0, 0.1) is 13.8 Å². The van der Waals surface area contributed by atoms with E-state index < -0.39 is 0 Å². The first-order valence-corrected chi connectivity index (χ1v) is 10.8. The number of likely N-dealkylation sites (tertiary alicyclic amines) is 1. The topological polar surface area (TPSA) is 57.0 Å². The van der Waals surface area contributed by atoms with Gasteiger partial charge < -0.3 is 18.6 Å². The molecule has 0 radical (unpaired) electrons. The summed E-state index contributed by atoms with van der Waals surface area (Å²) in [4.78, 5) is 7.32. The van der Waals surface area contributed by atoms with E-state index in [-0.39, 0.29) is 6.79 Å². The van der Waals surface area contributed by atoms with Crippen LogP contribution in [0.3, 0.4) is 0 Å². The third-order valence-corrected chi connectivity index (χ3v) is 6.19. The number of methoxy groups -OCH3 is 1. The van der Waals surface area contributed by atoms with Crippen molar-refractivity contribution in [2.45, 2.75) is 39.2 Å². The van der Waals surface area contributed by atoms with Gasteiger partial charge in [-0.05, 0) is 56.8 Å². The van der Waals surface area contributed by atoms with Crippen LogP contribution in [0.25, 0.3) is 11.5 Å². The fraction of sp³-hybridized carbons (Fsp3) is 0.400. The molecule has 162 valence electrons. The first kappa shape index (κ1) is 19.9. The van der Waals surface area contributed by atoms with Crippen molar-refractivity contribution >= 4 is 0 Å². The molecule has 6 heteroatoms. The number of ether oxygens (including phenoxy) is 3. The number of fused-ring (bicyclic) bond motifs is 1. The molecule has 1 saturated heterocycles. The summed E-state index contributed by atoms with van der Waals surface area (Å²) in [6.07, 6.45) is 2.43. The van der Waals surface area contributed by atoms with Crippen molar-refractivity contribution in [1.82, 2.24) is 9.88 Å². The van der Waals surface area contributed by atoms with Gasteiger partial charge in [0.05, 0.1) is 12.8 Å². The second-order valence-corrected chi connectivity index (χ2v) is 8.42. The van der Waals surface area contributed by atoms with Gasteiger partial charge in [-0.2, -0.15) is 0 Å². The van der Waals surface area contributed by atoms with Crippen LogP contribution >= 0.6 is 0 Å². The number of piperidine rings is 1. The van der Waals surface area contributed by atoms with E-state index in [0.717, 1.165) is 36.7 Å². The van der Waals surface area contributed by atoms with Crippen LogP contribution in [0.4, 0.5) is 0 Å². The second-order valence-electron chi connectivity index (χ2n) is 8.42. The molecule has 5 rings (SSSR count). The molecule has 3 heterocycles. The van der Waals surface area contributed by atoms with Gasteiger partial charge in [-0.1, -0.05) is 29.8 Å². The molecule has 2 aromatic carbocycles.